The monoisotopic (exact) mass is 139 g/mol. The third-order valence-corrected chi connectivity index (χ3v) is 2.03. The van der Waals surface area contributed by atoms with Gasteiger partial charge in [-0.3, -0.25) is 0 Å². The zero-order chi connectivity index (χ0) is 7.61. The molecule has 10 heavy (non-hydrogen) atoms. The van der Waals surface area contributed by atoms with Crippen molar-refractivity contribution in [2.45, 2.75) is 27.2 Å². The maximum Gasteiger partial charge on any atom is 0.0137 e. The van der Waals surface area contributed by atoms with Gasteiger partial charge in [0.1, 0.15) is 0 Å². The summed E-state index contributed by atoms with van der Waals surface area (Å²) < 4.78 is 0. The maximum atomic E-state index is 3.31. The van der Waals surface area contributed by atoms with Crippen LogP contribution in [0.1, 0.15) is 27.2 Å². The van der Waals surface area contributed by atoms with Crippen LogP contribution in [0.3, 0.4) is 0 Å². The van der Waals surface area contributed by atoms with Crippen molar-refractivity contribution >= 4 is 0 Å². The Labute approximate surface area is 63.5 Å². The molecule has 0 saturated carbocycles. The van der Waals surface area contributed by atoms with Crippen molar-refractivity contribution in [3.05, 3.63) is 11.6 Å². The van der Waals surface area contributed by atoms with Gasteiger partial charge in [-0.1, -0.05) is 32.4 Å². The average Bonchev–Trinajstić information content (AvgIpc) is 1.88. The van der Waals surface area contributed by atoms with Gasteiger partial charge in [-0.2, -0.15) is 0 Å². The van der Waals surface area contributed by atoms with Gasteiger partial charge in [-0.15, -0.1) is 0 Å². The van der Waals surface area contributed by atoms with Crippen LogP contribution in [0.15, 0.2) is 11.6 Å². The first-order chi connectivity index (χ1) is 4.61. The molecule has 0 aliphatic carbocycles. The molecule has 0 saturated heterocycles. The van der Waals surface area contributed by atoms with Crippen LogP contribution in [0.25, 0.3) is 0 Å². The van der Waals surface area contributed by atoms with E-state index in [0.29, 0.717) is 5.41 Å². The number of hydrogen-bond donors (Lipinski definition) is 1. The van der Waals surface area contributed by atoms with Gasteiger partial charge in [0.25, 0.3) is 0 Å². The number of nitrogens with one attached hydrogen (secondary N) is 1. The van der Waals surface area contributed by atoms with Gasteiger partial charge in [0.15, 0.2) is 0 Å². The molecule has 1 aliphatic rings. The maximum absolute atomic E-state index is 3.31. The van der Waals surface area contributed by atoms with Gasteiger partial charge in [0, 0.05) is 6.54 Å². The minimum atomic E-state index is 0.391. The molecule has 0 aromatic carbocycles. The van der Waals surface area contributed by atoms with E-state index in [-0.39, 0.29) is 0 Å². The van der Waals surface area contributed by atoms with Crippen LogP contribution in [0.4, 0.5) is 0 Å². The van der Waals surface area contributed by atoms with Crippen molar-refractivity contribution in [2.24, 2.45) is 5.41 Å². The summed E-state index contributed by atoms with van der Waals surface area (Å²) in [6, 6.07) is 0. The van der Waals surface area contributed by atoms with E-state index in [1.807, 2.05) is 0 Å². The van der Waals surface area contributed by atoms with Crippen molar-refractivity contribution in [2.75, 3.05) is 13.1 Å². The molecule has 0 spiro atoms. The van der Waals surface area contributed by atoms with Gasteiger partial charge in [-0.25, -0.2) is 0 Å². The van der Waals surface area contributed by atoms with Crippen LogP contribution in [0, 0.1) is 5.41 Å². The second-order valence-corrected chi connectivity index (χ2v) is 3.93. The molecule has 0 atom stereocenters. The molecule has 1 heteroatoms. The Morgan fingerprint density at radius 1 is 1.40 bits per heavy atom. The number of hydrogen-bond acceptors (Lipinski definition) is 1. The van der Waals surface area contributed by atoms with Crippen molar-refractivity contribution in [1.29, 1.82) is 0 Å². The highest BCUT2D eigenvalue weighted by Crippen LogP contribution is 2.28. The lowest BCUT2D eigenvalue weighted by atomic mass is 9.83. The lowest BCUT2D eigenvalue weighted by Gasteiger charge is -2.26. The average molecular weight is 139 g/mol. The minimum absolute atomic E-state index is 0.391. The first-order valence-corrected chi connectivity index (χ1v) is 4.01. The first-order valence-electron chi connectivity index (χ1n) is 4.01. The fourth-order valence-corrected chi connectivity index (χ4v) is 1.30. The van der Waals surface area contributed by atoms with E-state index in [1.54, 1.807) is 5.57 Å². The highest BCUT2D eigenvalue weighted by Gasteiger charge is 2.17. The van der Waals surface area contributed by atoms with E-state index in [9.17, 15) is 0 Å². The van der Waals surface area contributed by atoms with Gasteiger partial charge in [-0.05, 0) is 18.4 Å². The van der Waals surface area contributed by atoms with Crippen molar-refractivity contribution in [3.63, 3.8) is 0 Å². The molecule has 0 bridgehead atoms. The topological polar surface area (TPSA) is 12.0 Å². The van der Waals surface area contributed by atoms with Gasteiger partial charge in [0.05, 0.1) is 0 Å². The Balaban J connectivity index is 2.62. The Morgan fingerprint density at radius 2 is 2.10 bits per heavy atom. The molecule has 0 aromatic heterocycles. The van der Waals surface area contributed by atoms with E-state index in [0.717, 1.165) is 13.1 Å². The van der Waals surface area contributed by atoms with Crippen LogP contribution in [0.5, 0.6) is 0 Å². The third kappa shape index (κ3) is 1.84. The summed E-state index contributed by atoms with van der Waals surface area (Å²) in [6.07, 6.45) is 3.55. The SMILES string of the molecule is CC(C)(C)C1=CCNCC1. The standard InChI is InChI=1S/C9H17N/c1-9(2,3)8-4-6-10-7-5-8/h4,10H,5-7H2,1-3H3. The Bertz CT molecular complexity index is 139. The molecular weight excluding hydrogens is 122 g/mol. The summed E-state index contributed by atoms with van der Waals surface area (Å²) in [5.74, 6) is 0. The van der Waals surface area contributed by atoms with Gasteiger partial charge >= 0.3 is 0 Å². The van der Waals surface area contributed by atoms with E-state index < -0.39 is 0 Å². The Morgan fingerprint density at radius 3 is 2.40 bits per heavy atom. The van der Waals surface area contributed by atoms with Crippen LogP contribution in [-0.4, -0.2) is 13.1 Å². The first kappa shape index (κ1) is 7.80. The Kier molecular flexibility index (Phi) is 2.14. The lowest BCUT2D eigenvalue weighted by molar-refractivity contribution is 0.464. The lowest BCUT2D eigenvalue weighted by Crippen LogP contribution is -2.25. The van der Waals surface area contributed by atoms with Crippen LogP contribution >= 0.6 is 0 Å². The van der Waals surface area contributed by atoms with Crippen molar-refractivity contribution in [3.8, 4) is 0 Å². The predicted octanol–water partition coefficient (Wildman–Crippen LogP) is 1.95. The van der Waals surface area contributed by atoms with E-state index in [4.69, 9.17) is 0 Å². The molecule has 1 heterocycles. The van der Waals surface area contributed by atoms with Gasteiger partial charge < -0.3 is 5.32 Å². The summed E-state index contributed by atoms with van der Waals surface area (Å²) >= 11 is 0. The molecule has 0 radical (unpaired) electrons. The van der Waals surface area contributed by atoms with Crippen molar-refractivity contribution in [1.82, 2.24) is 5.32 Å². The van der Waals surface area contributed by atoms with Crippen molar-refractivity contribution < 1.29 is 0 Å². The predicted molar refractivity (Wildman–Crippen MR) is 45.0 cm³/mol. The minimum Gasteiger partial charge on any atom is -0.313 e. The van der Waals surface area contributed by atoms with Crippen LogP contribution in [-0.2, 0) is 0 Å². The summed E-state index contributed by atoms with van der Waals surface area (Å²) in [5.41, 5.74) is 1.99. The third-order valence-electron chi connectivity index (χ3n) is 2.03. The molecule has 1 nitrogen and oxygen atoms in total. The molecule has 58 valence electrons. The fraction of sp³-hybridized carbons (Fsp3) is 0.778. The zero-order valence-electron chi connectivity index (χ0n) is 7.20. The summed E-state index contributed by atoms with van der Waals surface area (Å²) in [5, 5.41) is 3.31. The normalized spacial score (nSPS) is 20.5. The molecule has 1 aliphatic heterocycles. The fourth-order valence-electron chi connectivity index (χ4n) is 1.30. The highest BCUT2D eigenvalue weighted by molar-refractivity contribution is 5.13. The summed E-state index contributed by atoms with van der Waals surface area (Å²) in [7, 11) is 0. The quantitative estimate of drug-likeness (QED) is 0.506. The van der Waals surface area contributed by atoms with E-state index >= 15 is 0 Å². The summed E-state index contributed by atoms with van der Waals surface area (Å²) in [6.45, 7) is 9.06. The molecular formula is C9H17N. The molecule has 1 rings (SSSR count). The number of rotatable bonds is 0. The second kappa shape index (κ2) is 2.75. The smallest absolute Gasteiger partial charge is 0.0137 e. The molecule has 0 aromatic rings. The largest absolute Gasteiger partial charge is 0.313 e. The molecule has 1 N–H and O–H groups in total. The Hall–Kier alpha value is -0.300. The van der Waals surface area contributed by atoms with E-state index in [1.165, 1.54) is 6.42 Å². The molecule has 0 amide bonds. The molecule has 0 fully saturated rings. The highest BCUT2D eigenvalue weighted by atomic mass is 14.8. The summed E-state index contributed by atoms with van der Waals surface area (Å²) in [4.78, 5) is 0. The van der Waals surface area contributed by atoms with E-state index in [2.05, 4.69) is 32.2 Å². The van der Waals surface area contributed by atoms with Gasteiger partial charge in [0.2, 0.25) is 0 Å². The zero-order valence-corrected chi connectivity index (χ0v) is 7.20. The van der Waals surface area contributed by atoms with Crippen LogP contribution in [0.2, 0.25) is 0 Å². The van der Waals surface area contributed by atoms with Crippen LogP contribution < -0.4 is 5.32 Å². The molecule has 0 unspecified atom stereocenters. The second-order valence-electron chi connectivity index (χ2n) is 3.93.